The molecule has 9 nitrogen and oxygen atoms in total. The smallest absolute Gasteiger partial charge is 0.339 e. The van der Waals surface area contributed by atoms with Crippen LogP contribution in [0.4, 0.5) is 27.6 Å². The molecule has 2 aliphatic carbocycles. The van der Waals surface area contributed by atoms with Gasteiger partial charge in [0.05, 0.1) is 11.5 Å². The zero-order chi connectivity index (χ0) is 30.6. The third-order valence-corrected chi connectivity index (χ3v) is 8.78. The first kappa shape index (κ1) is 29.7. The molecule has 2 aliphatic heterocycles. The molecule has 2 heterocycles. The molecule has 0 bridgehead atoms. The Morgan fingerprint density at radius 3 is 2.33 bits per heavy atom. The third-order valence-electron chi connectivity index (χ3n) is 8.78. The van der Waals surface area contributed by atoms with Crippen molar-refractivity contribution in [2.75, 3.05) is 18.9 Å². The predicted molar refractivity (Wildman–Crippen MR) is 137 cm³/mol. The van der Waals surface area contributed by atoms with Crippen molar-refractivity contribution in [3.63, 3.8) is 0 Å². The molecule has 0 aromatic heterocycles. The van der Waals surface area contributed by atoms with Crippen LogP contribution in [-0.2, 0) is 24.6 Å². The van der Waals surface area contributed by atoms with Gasteiger partial charge in [0.15, 0.2) is 0 Å². The Kier molecular flexibility index (Phi) is 7.43. The molecule has 2 saturated carbocycles. The number of hydrogen-bond acceptors (Lipinski definition) is 5. The van der Waals surface area contributed by atoms with Crippen LogP contribution in [0, 0.1) is 23.2 Å². The predicted octanol–water partition coefficient (Wildman–Crippen LogP) is 3.11. The van der Waals surface area contributed by atoms with Crippen molar-refractivity contribution >= 4 is 29.3 Å². The van der Waals surface area contributed by atoms with Gasteiger partial charge in [0.2, 0.25) is 17.7 Å². The van der Waals surface area contributed by atoms with Gasteiger partial charge in [0.1, 0.15) is 18.1 Å². The first-order valence-corrected chi connectivity index (χ1v) is 13.8. The third kappa shape index (κ3) is 5.29. The van der Waals surface area contributed by atoms with E-state index in [9.17, 15) is 46.4 Å². The SMILES string of the molecule is CN(C(=O)[C@H](CC1CC1)NC(=O)C(F)(F)C(F)(F)F)[C@@H](CC1CC1)C(=O)N1C[C@]2(C[C@H]1C#N)C(=O)Nc1ccccc12. The van der Waals surface area contributed by atoms with Gasteiger partial charge in [-0.15, -0.1) is 0 Å². The second kappa shape index (κ2) is 10.5. The fourth-order valence-corrected chi connectivity index (χ4v) is 5.96. The van der Waals surface area contributed by atoms with E-state index in [4.69, 9.17) is 0 Å². The second-order valence-corrected chi connectivity index (χ2v) is 11.8. The molecular weight excluding hydrogens is 565 g/mol. The average Bonchev–Trinajstić information content (AvgIpc) is 3.87. The summed E-state index contributed by atoms with van der Waals surface area (Å²) in [6.07, 6.45) is -3.32. The molecular formula is C28H30F5N5O4. The largest absolute Gasteiger partial charge is 0.463 e. The van der Waals surface area contributed by atoms with E-state index in [1.54, 1.807) is 29.6 Å². The Bertz CT molecular complexity index is 1340. The molecule has 2 N–H and O–H groups in total. The summed E-state index contributed by atoms with van der Waals surface area (Å²) in [5, 5.41) is 14.3. The fourth-order valence-electron chi connectivity index (χ4n) is 5.96. The van der Waals surface area contributed by atoms with Crippen molar-refractivity contribution in [2.24, 2.45) is 11.8 Å². The minimum Gasteiger partial charge on any atom is -0.339 e. The van der Waals surface area contributed by atoms with Gasteiger partial charge < -0.3 is 20.4 Å². The van der Waals surface area contributed by atoms with Gasteiger partial charge in [-0.3, -0.25) is 19.2 Å². The van der Waals surface area contributed by atoms with E-state index in [1.807, 2.05) is 0 Å². The summed E-state index contributed by atoms with van der Waals surface area (Å²) in [6, 6.07) is 5.12. The van der Waals surface area contributed by atoms with Crippen molar-refractivity contribution in [1.82, 2.24) is 15.1 Å². The van der Waals surface area contributed by atoms with Crippen molar-refractivity contribution < 1.29 is 41.1 Å². The number of nitriles is 1. The number of para-hydroxylation sites is 1. The number of anilines is 1. The summed E-state index contributed by atoms with van der Waals surface area (Å²) in [6.45, 7) is -0.129. The number of fused-ring (bicyclic) bond motifs is 2. The normalized spacial score (nSPS) is 24.9. The standard InChI is InChI=1S/C28H30F5N5O4/c1-37(22(39)20(10-15-6-7-15)36-25(42)27(29,30)28(31,32)33)21(11-16-8-9-16)23(40)38-14-26(12-17(38)13-34)18-4-2-3-5-19(18)35-24(26)41/h2-5,15-17,20-21H,6-12,14H2,1H3,(H,35,41)(H,36,42)/t17-,20-,21-,26-/m0/s1. The molecule has 5 rings (SSSR count). The van der Waals surface area contributed by atoms with Gasteiger partial charge in [-0.25, -0.2) is 0 Å². The Hall–Kier alpha value is -3.76. The van der Waals surface area contributed by atoms with E-state index in [0.717, 1.165) is 17.7 Å². The molecule has 42 heavy (non-hydrogen) atoms. The molecule has 1 aromatic carbocycles. The lowest BCUT2D eigenvalue weighted by Crippen LogP contribution is -2.59. The highest BCUT2D eigenvalue weighted by Crippen LogP contribution is 2.47. The van der Waals surface area contributed by atoms with Crippen LogP contribution < -0.4 is 10.6 Å². The number of alkyl halides is 5. The highest BCUT2D eigenvalue weighted by molar-refractivity contribution is 6.07. The van der Waals surface area contributed by atoms with Crippen molar-refractivity contribution in [3.05, 3.63) is 29.8 Å². The van der Waals surface area contributed by atoms with E-state index >= 15 is 0 Å². The zero-order valence-corrected chi connectivity index (χ0v) is 22.7. The Morgan fingerprint density at radius 1 is 1.12 bits per heavy atom. The van der Waals surface area contributed by atoms with E-state index in [2.05, 4.69) is 11.4 Å². The second-order valence-electron chi connectivity index (χ2n) is 11.8. The maximum Gasteiger partial charge on any atom is 0.463 e. The summed E-state index contributed by atoms with van der Waals surface area (Å²) < 4.78 is 66.0. The highest BCUT2D eigenvalue weighted by Gasteiger charge is 2.64. The maximum absolute atomic E-state index is 14.0. The van der Waals surface area contributed by atoms with Crippen molar-refractivity contribution in [1.29, 1.82) is 5.26 Å². The molecule has 1 saturated heterocycles. The summed E-state index contributed by atoms with van der Waals surface area (Å²) in [7, 11) is 1.24. The van der Waals surface area contributed by atoms with Gasteiger partial charge in [-0.05, 0) is 36.3 Å². The number of nitrogens with zero attached hydrogens (tertiary/aromatic N) is 3. The van der Waals surface area contributed by atoms with Crippen molar-refractivity contribution in [2.45, 2.75) is 80.6 Å². The molecule has 1 aromatic rings. The number of halogens is 5. The Balaban J connectivity index is 1.39. The molecule has 3 fully saturated rings. The molecule has 4 amide bonds. The minimum atomic E-state index is -6.15. The monoisotopic (exact) mass is 595 g/mol. The number of hydrogen-bond donors (Lipinski definition) is 2. The number of likely N-dealkylation sites (N-methyl/N-ethyl adjacent to an activating group) is 1. The lowest BCUT2D eigenvalue weighted by Gasteiger charge is -2.35. The molecule has 4 atom stereocenters. The highest BCUT2D eigenvalue weighted by atomic mass is 19.4. The molecule has 1 spiro atoms. The van der Waals surface area contributed by atoms with Crippen LogP contribution >= 0.6 is 0 Å². The fraction of sp³-hybridized carbons (Fsp3) is 0.607. The van der Waals surface area contributed by atoms with Crippen LogP contribution in [0.2, 0.25) is 0 Å². The van der Waals surface area contributed by atoms with Crippen LogP contribution in [0.25, 0.3) is 0 Å². The summed E-state index contributed by atoms with van der Waals surface area (Å²) >= 11 is 0. The lowest BCUT2D eigenvalue weighted by molar-refractivity contribution is -0.270. The number of likely N-dealkylation sites (tertiary alicyclic amines) is 1. The maximum atomic E-state index is 14.0. The summed E-state index contributed by atoms with van der Waals surface area (Å²) in [4.78, 5) is 55.0. The van der Waals surface area contributed by atoms with E-state index in [0.29, 0.717) is 24.1 Å². The number of nitrogens with one attached hydrogen (secondary N) is 2. The van der Waals surface area contributed by atoms with Crippen LogP contribution in [-0.4, -0.2) is 77.2 Å². The number of benzene rings is 1. The quantitative estimate of drug-likeness (QED) is 0.425. The molecule has 226 valence electrons. The zero-order valence-electron chi connectivity index (χ0n) is 22.7. The lowest BCUT2D eigenvalue weighted by atomic mass is 9.80. The Labute approximate surface area is 238 Å². The number of carbonyl (C=O) groups is 4. The average molecular weight is 596 g/mol. The van der Waals surface area contributed by atoms with Gasteiger partial charge in [-0.2, -0.15) is 27.2 Å². The van der Waals surface area contributed by atoms with E-state index < -0.39 is 53.4 Å². The van der Waals surface area contributed by atoms with Gasteiger partial charge in [0, 0.05) is 25.7 Å². The van der Waals surface area contributed by atoms with Crippen LogP contribution in [0.3, 0.4) is 0 Å². The van der Waals surface area contributed by atoms with Crippen LogP contribution in [0.15, 0.2) is 24.3 Å². The first-order chi connectivity index (χ1) is 19.7. The van der Waals surface area contributed by atoms with E-state index in [1.165, 1.54) is 11.9 Å². The molecule has 4 aliphatic rings. The topological polar surface area (TPSA) is 123 Å². The molecule has 0 radical (unpaired) electrons. The van der Waals surface area contributed by atoms with Crippen LogP contribution in [0.5, 0.6) is 0 Å². The minimum absolute atomic E-state index is 0.0266. The summed E-state index contributed by atoms with van der Waals surface area (Å²) in [5.41, 5.74) is 0.0431. The number of rotatable bonds is 9. The van der Waals surface area contributed by atoms with Gasteiger partial charge in [-0.1, -0.05) is 43.9 Å². The number of carbonyl (C=O) groups excluding carboxylic acids is 4. The number of amides is 4. The van der Waals surface area contributed by atoms with E-state index in [-0.39, 0.29) is 43.6 Å². The van der Waals surface area contributed by atoms with Crippen molar-refractivity contribution in [3.8, 4) is 6.07 Å². The van der Waals surface area contributed by atoms with Gasteiger partial charge in [0.25, 0.3) is 0 Å². The molecule has 0 unspecified atom stereocenters. The first-order valence-electron chi connectivity index (χ1n) is 13.8. The van der Waals surface area contributed by atoms with Crippen LogP contribution in [0.1, 0.15) is 50.5 Å². The Morgan fingerprint density at radius 2 is 1.74 bits per heavy atom. The summed E-state index contributed by atoms with van der Waals surface area (Å²) in [5.74, 6) is -10.4. The molecule has 14 heteroatoms. The van der Waals surface area contributed by atoms with Gasteiger partial charge >= 0.3 is 18.0 Å².